The number of rotatable bonds is 4. The maximum absolute atomic E-state index is 4.75. The quantitative estimate of drug-likeness (QED) is 0.926. The molecule has 1 N–H and O–H groups in total. The van der Waals surface area contributed by atoms with Crippen LogP contribution in [0.5, 0.6) is 0 Å². The van der Waals surface area contributed by atoms with E-state index in [1.54, 1.807) is 11.3 Å². The Labute approximate surface area is 118 Å². The van der Waals surface area contributed by atoms with Gasteiger partial charge < -0.3 is 10.2 Å². The highest BCUT2D eigenvalue weighted by atomic mass is 32.1. The largest absolute Gasteiger partial charge is 0.318 e. The third-order valence-electron chi connectivity index (χ3n) is 3.44. The van der Waals surface area contributed by atoms with Crippen molar-refractivity contribution in [1.82, 2.24) is 10.3 Å². The average Bonchev–Trinajstić information content (AvgIpc) is 2.93. The number of fused-ring (bicyclic) bond motifs is 1. The third kappa shape index (κ3) is 2.65. The molecule has 3 nitrogen and oxygen atoms in total. The molecule has 0 fully saturated rings. The van der Waals surface area contributed by atoms with Gasteiger partial charge >= 0.3 is 0 Å². The predicted octanol–water partition coefficient (Wildman–Crippen LogP) is 3.34. The van der Waals surface area contributed by atoms with Crippen LogP contribution in [0.25, 0.3) is 0 Å². The van der Waals surface area contributed by atoms with E-state index in [9.17, 15) is 0 Å². The Morgan fingerprint density at radius 1 is 1.37 bits per heavy atom. The van der Waals surface area contributed by atoms with E-state index >= 15 is 0 Å². The maximum atomic E-state index is 4.75. The maximum Gasteiger partial charge on any atom is 0.190 e. The van der Waals surface area contributed by atoms with Crippen molar-refractivity contribution < 1.29 is 0 Å². The average molecular weight is 273 g/mol. The van der Waals surface area contributed by atoms with E-state index in [0.29, 0.717) is 0 Å². The summed E-state index contributed by atoms with van der Waals surface area (Å²) in [6.45, 7) is 5.04. The van der Waals surface area contributed by atoms with Crippen molar-refractivity contribution in [2.45, 2.75) is 26.3 Å². The number of anilines is 2. The zero-order valence-corrected chi connectivity index (χ0v) is 12.0. The fourth-order valence-corrected chi connectivity index (χ4v) is 3.35. The summed E-state index contributed by atoms with van der Waals surface area (Å²) < 4.78 is 0. The van der Waals surface area contributed by atoms with Crippen LogP contribution in [0.1, 0.15) is 24.6 Å². The van der Waals surface area contributed by atoms with Crippen LogP contribution < -0.4 is 10.2 Å². The van der Waals surface area contributed by atoms with E-state index in [0.717, 1.165) is 30.5 Å². The summed E-state index contributed by atoms with van der Waals surface area (Å²) in [7, 11) is 0. The van der Waals surface area contributed by atoms with Crippen LogP contribution >= 0.6 is 11.3 Å². The molecule has 0 radical (unpaired) electrons. The normalized spacial score (nSPS) is 14.5. The lowest BCUT2D eigenvalue weighted by atomic mass is 10.0. The highest BCUT2D eigenvalue weighted by molar-refractivity contribution is 7.13. The first-order chi connectivity index (χ1) is 9.38. The number of benzene rings is 1. The molecule has 1 aromatic carbocycles. The Bertz CT molecular complexity index is 550. The van der Waals surface area contributed by atoms with Gasteiger partial charge in [-0.15, -0.1) is 11.3 Å². The topological polar surface area (TPSA) is 28.2 Å². The Morgan fingerprint density at radius 3 is 3.16 bits per heavy atom. The van der Waals surface area contributed by atoms with E-state index in [-0.39, 0.29) is 0 Å². The first-order valence-electron chi connectivity index (χ1n) is 6.89. The van der Waals surface area contributed by atoms with E-state index < -0.39 is 0 Å². The van der Waals surface area contributed by atoms with Crippen molar-refractivity contribution >= 4 is 22.2 Å². The van der Waals surface area contributed by atoms with Crippen LogP contribution in [0.2, 0.25) is 0 Å². The molecule has 4 heteroatoms. The first-order valence-corrected chi connectivity index (χ1v) is 7.77. The number of aromatic nitrogens is 1. The van der Waals surface area contributed by atoms with Crippen molar-refractivity contribution in [3.63, 3.8) is 0 Å². The fraction of sp³-hybridized carbons (Fsp3) is 0.400. The van der Waals surface area contributed by atoms with Gasteiger partial charge in [0.15, 0.2) is 5.13 Å². The zero-order chi connectivity index (χ0) is 13.1. The summed E-state index contributed by atoms with van der Waals surface area (Å²) in [4.78, 5) is 7.11. The molecule has 19 heavy (non-hydrogen) atoms. The lowest BCUT2D eigenvalue weighted by Crippen LogP contribution is -2.24. The molecular weight excluding hydrogens is 254 g/mol. The smallest absolute Gasteiger partial charge is 0.190 e. The van der Waals surface area contributed by atoms with Gasteiger partial charge in [-0.25, -0.2) is 4.98 Å². The van der Waals surface area contributed by atoms with Crippen molar-refractivity contribution in [3.05, 3.63) is 40.9 Å². The Kier molecular flexibility index (Phi) is 3.80. The van der Waals surface area contributed by atoms with E-state index in [1.165, 1.54) is 24.1 Å². The lowest BCUT2D eigenvalue weighted by molar-refractivity contribution is 0.711. The standard InChI is InChI=1S/C15H19N3S/c1-2-16-10-13-11-19-15(17-13)18-9-5-7-12-6-3-4-8-14(12)18/h3-4,6,8,11,16H,2,5,7,9-10H2,1H3. The molecule has 100 valence electrons. The van der Waals surface area contributed by atoms with Gasteiger partial charge in [-0.05, 0) is 31.0 Å². The predicted molar refractivity (Wildman–Crippen MR) is 81.3 cm³/mol. The monoisotopic (exact) mass is 273 g/mol. The minimum Gasteiger partial charge on any atom is -0.318 e. The van der Waals surface area contributed by atoms with Gasteiger partial charge in [0, 0.05) is 24.2 Å². The summed E-state index contributed by atoms with van der Waals surface area (Å²) in [6, 6.07) is 8.68. The lowest BCUT2D eigenvalue weighted by Gasteiger charge is -2.28. The van der Waals surface area contributed by atoms with Crippen LogP contribution in [0, 0.1) is 0 Å². The molecular formula is C15H19N3S. The number of nitrogens with zero attached hydrogens (tertiary/aromatic N) is 2. The van der Waals surface area contributed by atoms with Gasteiger partial charge in [0.2, 0.25) is 0 Å². The molecule has 0 spiro atoms. The molecule has 0 saturated heterocycles. The molecule has 2 aromatic rings. The van der Waals surface area contributed by atoms with Crippen molar-refractivity contribution in [3.8, 4) is 0 Å². The van der Waals surface area contributed by atoms with E-state index in [1.807, 2.05) is 0 Å². The van der Waals surface area contributed by atoms with Gasteiger partial charge in [-0.3, -0.25) is 0 Å². The second-order valence-corrected chi connectivity index (χ2v) is 5.62. The van der Waals surface area contributed by atoms with Crippen LogP contribution in [0.15, 0.2) is 29.6 Å². The molecule has 1 aromatic heterocycles. The highest BCUT2D eigenvalue weighted by Gasteiger charge is 2.19. The van der Waals surface area contributed by atoms with Gasteiger partial charge in [-0.1, -0.05) is 25.1 Å². The summed E-state index contributed by atoms with van der Waals surface area (Å²) in [6.07, 6.45) is 2.39. The van der Waals surface area contributed by atoms with Gasteiger partial charge in [0.25, 0.3) is 0 Å². The van der Waals surface area contributed by atoms with Crippen LogP contribution in [-0.4, -0.2) is 18.1 Å². The molecule has 0 aliphatic carbocycles. The summed E-state index contributed by atoms with van der Waals surface area (Å²) in [5.74, 6) is 0. The highest BCUT2D eigenvalue weighted by Crippen LogP contribution is 2.34. The third-order valence-corrected chi connectivity index (χ3v) is 4.35. The van der Waals surface area contributed by atoms with Gasteiger partial charge in [0.1, 0.15) is 0 Å². The number of hydrogen-bond acceptors (Lipinski definition) is 4. The Balaban J connectivity index is 1.85. The van der Waals surface area contributed by atoms with Gasteiger partial charge in [-0.2, -0.15) is 0 Å². The Morgan fingerprint density at radius 2 is 2.26 bits per heavy atom. The number of aryl methyl sites for hydroxylation is 1. The fourth-order valence-electron chi connectivity index (χ4n) is 2.49. The molecule has 0 atom stereocenters. The minimum absolute atomic E-state index is 0.864. The second kappa shape index (κ2) is 5.72. The summed E-state index contributed by atoms with van der Waals surface area (Å²) in [5.41, 5.74) is 3.92. The Hall–Kier alpha value is -1.39. The van der Waals surface area contributed by atoms with Crippen LogP contribution in [-0.2, 0) is 13.0 Å². The molecule has 1 aliphatic rings. The van der Waals surface area contributed by atoms with Crippen molar-refractivity contribution in [2.75, 3.05) is 18.0 Å². The summed E-state index contributed by atoms with van der Waals surface area (Å²) >= 11 is 1.74. The zero-order valence-electron chi connectivity index (χ0n) is 11.2. The number of para-hydroxylation sites is 1. The summed E-state index contributed by atoms with van der Waals surface area (Å²) in [5, 5.41) is 6.61. The molecule has 1 aliphatic heterocycles. The van der Waals surface area contributed by atoms with E-state index in [4.69, 9.17) is 4.98 Å². The first kappa shape index (κ1) is 12.6. The van der Waals surface area contributed by atoms with E-state index in [2.05, 4.69) is 46.8 Å². The molecule has 0 amide bonds. The second-order valence-electron chi connectivity index (χ2n) is 4.79. The molecule has 3 rings (SSSR count). The number of thiazole rings is 1. The molecule has 0 unspecified atom stereocenters. The number of nitrogens with one attached hydrogen (secondary N) is 1. The minimum atomic E-state index is 0.864. The number of hydrogen-bond donors (Lipinski definition) is 1. The van der Waals surface area contributed by atoms with Crippen molar-refractivity contribution in [2.24, 2.45) is 0 Å². The van der Waals surface area contributed by atoms with Crippen LogP contribution in [0.3, 0.4) is 0 Å². The molecule has 0 saturated carbocycles. The van der Waals surface area contributed by atoms with Crippen molar-refractivity contribution in [1.29, 1.82) is 0 Å². The van der Waals surface area contributed by atoms with Crippen LogP contribution in [0.4, 0.5) is 10.8 Å². The van der Waals surface area contributed by atoms with Gasteiger partial charge in [0.05, 0.1) is 5.69 Å². The molecule has 0 bridgehead atoms. The molecule has 2 heterocycles. The SMILES string of the molecule is CCNCc1csc(N2CCCc3ccccc32)n1.